The topological polar surface area (TPSA) is 123 Å². The molecule has 0 radical (unpaired) electrons. The SMILES string of the molecule is Cc1cc(C(=O)NCc2nc(-c3cc(C)on3)no2)n[nH]1. The Bertz CT molecular complexity index is 771. The van der Waals surface area contributed by atoms with Gasteiger partial charge in [-0.25, -0.2) is 0 Å². The Labute approximate surface area is 118 Å². The first-order valence-electron chi connectivity index (χ1n) is 6.18. The van der Waals surface area contributed by atoms with Crippen LogP contribution in [0.3, 0.4) is 0 Å². The number of carbonyl (C=O) groups is 1. The summed E-state index contributed by atoms with van der Waals surface area (Å²) >= 11 is 0. The molecule has 108 valence electrons. The van der Waals surface area contributed by atoms with E-state index in [1.165, 1.54) is 0 Å². The maximum atomic E-state index is 11.8. The number of aromatic nitrogens is 5. The van der Waals surface area contributed by atoms with Gasteiger partial charge in [-0.2, -0.15) is 10.1 Å². The highest BCUT2D eigenvalue weighted by Crippen LogP contribution is 2.15. The molecule has 0 aliphatic carbocycles. The molecule has 0 aromatic carbocycles. The smallest absolute Gasteiger partial charge is 0.272 e. The summed E-state index contributed by atoms with van der Waals surface area (Å²) in [5.41, 5.74) is 1.60. The van der Waals surface area contributed by atoms with Crippen molar-refractivity contribution in [2.24, 2.45) is 0 Å². The monoisotopic (exact) mass is 288 g/mol. The molecule has 2 N–H and O–H groups in total. The van der Waals surface area contributed by atoms with Crippen molar-refractivity contribution in [1.29, 1.82) is 0 Å². The number of amides is 1. The van der Waals surface area contributed by atoms with Crippen LogP contribution < -0.4 is 5.32 Å². The van der Waals surface area contributed by atoms with Crippen LogP contribution in [0.25, 0.3) is 11.5 Å². The summed E-state index contributed by atoms with van der Waals surface area (Å²) in [7, 11) is 0. The molecule has 0 unspecified atom stereocenters. The molecule has 0 spiro atoms. The lowest BCUT2D eigenvalue weighted by atomic mass is 10.3. The van der Waals surface area contributed by atoms with E-state index in [1.54, 1.807) is 19.1 Å². The van der Waals surface area contributed by atoms with Gasteiger partial charge < -0.3 is 14.4 Å². The van der Waals surface area contributed by atoms with Crippen molar-refractivity contribution < 1.29 is 13.8 Å². The summed E-state index contributed by atoms with van der Waals surface area (Å²) in [6, 6.07) is 3.34. The molecule has 0 aliphatic heterocycles. The first-order chi connectivity index (χ1) is 10.1. The zero-order valence-corrected chi connectivity index (χ0v) is 11.4. The fourth-order valence-corrected chi connectivity index (χ4v) is 1.68. The summed E-state index contributed by atoms with van der Waals surface area (Å²) in [6.07, 6.45) is 0. The minimum atomic E-state index is -0.323. The van der Waals surface area contributed by atoms with Gasteiger partial charge in [-0.3, -0.25) is 9.89 Å². The largest absolute Gasteiger partial charge is 0.361 e. The normalized spacial score (nSPS) is 10.8. The molecule has 1 amide bonds. The standard InChI is InChI=1S/C12H12N6O3/c1-6-3-9(16-15-6)12(19)13-5-10-14-11(18-21-10)8-4-7(2)20-17-8/h3-4H,5H2,1-2H3,(H,13,19)(H,15,16). The van der Waals surface area contributed by atoms with E-state index in [-0.39, 0.29) is 18.3 Å². The molecular weight excluding hydrogens is 276 g/mol. The molecule has 3 rings (SSSR count). The minimum absolute atomic E-state index is 0.106. The van der Waals surface area contributed by atoms with Gasteiger partial charge in [0.05, 0.1) is 6.54 Å². The number of H-pyrrole nitrogens is 1. The highest BCUT2D eigenvalue weighted by Gasteiger charge is 2.14. The first-order valence-corrected chi connectivity index (χ1v) is 6.18. The second-order valence-corrected chi connectivity index (χ2v) is 4.45. The van der Waals surface area contributed by atoms with Gasteiger partial charge >= 0.3 is 0 Å². The molecule has 3 aromatic heterocycles. The molecule has 3 heterocycles. The summed E-state index contributed by atoms with van der Waals surface area (Å²) in [4.78, 5) is 15.9. The Balaban J connectivity index is 1.64. The van der Waals surface area contributed by atoms with E-state index < -0.39 is 0 Å². The molecule has 0 aliphatic rings. The van der Waals surface area contributed by atoms with E-state index in [0.717, 1.165) is 5.69 Å². The second-order valence-electron chi connectivity index (χ2n) is 4.45. The van der Waals surface area contributed by atoms with Gasteiger partial charge in [-0.15, -0.1) is 0 Å². The molecule has 0 saturated heterocycles. The number of rotatable bonds is 4. The number of carbonyl (C=O) groups excluding carboxylic acids is 1. The van der Waals surface area contributed by atoms with Gasteiger partial charge in [0.2, 0.25) is 11.7 Å². The van der Waals surface area contributed by atoms with Crippen molar-refractivity contribution >= 4 is 5.91 Å². The van der Waals surface area contributed by atoms with Crippen LogP contribution >= 0.6 is 0 Å². The number of hydrogen-bond acceptors (Lipinski definition) is 7. The zero-order valence-electron chi connectivity index (χ0n) is 11.4. The summed E-state index contributed by atoms with van der Waals surface area (Å²) in [5.74, 6) is 0.910. The Morgan fingerprint density at radius 2 is 2.14 bits per heavy atom. The van der Waals surface area contributed by atoms with Crippen LogP contribution in [0.1, 0.15) is 27.8 Å². The van der Waals surface area contributed by atoms with Crippen LogP contribution in [-0.2, 0) is 6.54 Å². The van der Waals surface area contributed by atoms with Crippen LogP contribution in [0.15, 0.2) is 21.2 Å². The average Bonchev–Trinajstić information content (AvgIpc) is 3.16. The predicted octanol–water partition coefficient (Wildman–Crippen LogP) is 0.995. The van der Waals surface area contributed by atoms with Crippen LogP contribution in [0.5, 0.6) is 0 Å². The van der Waals surface area contributed by atoms with Gasteiger partial charge in [0.1, 0.15) is 11.5 Å². The summed E-state index contributed by atoms with van der Waals surface area (Å²) in [6.45, 7) is 3.69. The summed E-state index contributed by atoms with van der Waals surface area (Å²) in [5, 5.41) is 16.7. The van der Waals surface area contributed by atoms with Crippen molar-refractivity contribution in [3.05, 3.63) is 35.2 Å². The van der Waals surface area contributed by atoms with Gasteiger partial charge in [-0.05, 0) is 19.9 Å². The van der Waals surface area contributed by atoms with Crippen molar-refractivity contribution in [1.82, 2.24) is 30.8 Å². The predicted molar refractivity (Wildman–Crippen MR) is 69.0 cm³/mol. The number of aromatic amines is 1. The van der Waals surface area contributed by atoms with E-state index in [4.69, 9.17) is 9.05 Å². The Kier molecular flexibility index (Phi) is 3.22. The molecule has 0 atom stereocenters. The van der Waals surface area contributed by atoms with Crippen molar-refractivity contribution in [2.75, 3.05) is 0 Å². The molecule has 21 heavy (non-hydrogen) atoms. The molecule has 9 nitrogen and oxygen atoms in total. The van der Waals surface area contributed by atoms with E-state index in [0.29, 0.717) is 23.0 Å². The minimum Gasteiger partial charge on any atom is -0.361 e. The molecule has 9 heteroatoms. The lowest BCUT2D eigenvalue weighted by molar-refractivity contribution is 0.0941. The number of nitrogens with zero attached hydrogens (tertiary/aromatic N) is 4. The van der Waals surface area contributed by atoms with E-state index in [2.05, 4.69) is 30.8 Å². The average molecular weight is 288 g/mol. The van der Waals surface area contributed by atoms with E-state index in [9.17, 15) is 4.79 Å². The lowest BCUT2D eigenvalue weighted by Gasteiger charge is -1.97. The number of hydrogen-bond donors (Lipinski definition) is 2. The van der Waals surface area contributed by atoms with Crippen LogP contribution in [0.2, 0.25) is 0 Å². The Morgan fingerprint density at radius 3 is 2.81 bits per heavy atom. The molecular formula is C12H12N6O3. The molecule has 0 bridgehead atoms. The van der Waals surface area contributed by atoms with Gasteiger partial charge in [0.15, 0.2) is 5.69 Å². The Morgan fingerprint density at radius 1 is 1.29 bits per heavy atom. The highest BCUT2D eigenvalue weighted by atomic mass is 16.5. The van der Waals surface area contributed by atoms with Crippen molar-refractivity contribution in [3.8, 4) is 11.5 Å². The van der Waals surface area contributed by atoms with Gasteiger partial charge in [-0.1, -0.05) is 10.3 Å². The highest BCUT2D eigenvalue weighted by molar-refractivity contribution is 5.92. The third-order valence-electron chi connectivity index (χ3n) is 2.66. The third kappa shape index (κ3) is 2.81. The molecule has 3 aromatic rings. The first kappa shape index (κ1) is 13.0. The van der Waals surface area contributed by atoms with Gasteiger partial charge in [0, 0.05) is 11.8 Å². The second kappa shape index (κ2) is 5.19. The maximum Gasteiger partial charge on any atom is 0.272 e. The maximum absolute atomic E-state index is 11.8. The fourth-order valence-electron chi connectivity index (χ4n) is 1.68. The van der Waals surface area contributed by atoms with E-state index in [1.807, 2.05) is 6.92 Å². The van der Waals surface area contributed by atoms with E-state index >= 15 is 0 Å². The third-order valence-corrected chi connectivity index (χ3v) is 2.66. The quantitative estimate of drug-likeness (QED) is 0.733. The fraction of sp³-hybridized carbons (Fsp3) is 0.250. The summed E-state index contributed by atoms with van der Waals surface area (Å²) < 4.78 is 9.97. The lowest BCUT2D eigenvalue weighted by Crippen LogP contribution is -2.23. The van der Waals surface area contributed by atoms with Crippen molar-refractivity contribution in [2.45, 2.75) is 20.4 Å². The molecule has 0 fully saturated rings. The zero-order chi connectivity index (χ0) is 14.8. The van der Waals surface area contributed by atoms with Gasteiger partial charge in [0.25, 0.3) is 5.91 Å². The van der Waals surface area contributed by atoms with Crippen LogP contribution in [-0.4, -0.2) is 31.4 Å². The number of nitrogens with one attached hydrogen (secondary N) is 2. The van der Waals surface area contributed by atoms with Crippen LogP contribution in [0, 0.1) is 13.8 Å². The Hall–Kier alpha value is -2.97. The van der Waals surface area contributed by atoms with Crippen molar-refractivity contribution in [3.63, 3.8) is 0 Å². The number of aryl methyl sites for hydroxylation is 2. The molecule has 0 saturated carbocycles. The van der Waals surface area contributed by atoms with Crippen LogP contribution in [0.4, 0.5) is 0 Å².